The summed E-state index contributed by atoms with van der Waals surface area (Å²) in [5.74, 6) is 0.492. The van der Waals surface area contributed by atoms with E-state index in [0.29, 0.717) is 18.8 Å². The predicted molar refractivity (Wildman–Crippen MR) is 55.9 cm³/mol. The van der Waals surface area contributed by atoms with Gasteiger partial charge < -0.3 is 9.47 Å². The van der Waals surface area contributed by atoms with Crippen LogP contribution in [0.15, 0.2) is 30.4 Å². The number of cyclic esters (lactones) is 1. The molecule has 0 amide bonds. The average molecular weight is 204 g/mol. The van der Waals surface area contributed by atoms with Crippen molar-refractivity contribution in [3.05, 3.63) is 41.5 Å². The van der Waals surface area contributed by atoms with E-state index < -0.39 is 0 Å². The summed E-state index contributed by atoms with van der Waals surface area (Å²) in [6, 6.07) is 5.34. The summed E-state index contributed by atoms with van der Waals surface area (Å²) in [4.78, 5) is 11.2. The number of carbonyl (C=O) groups excluding carboxylic acids is 1. The van der Waals surface area contributed by atoms with Crippen LogP contribution >= 0.6 is 0 Å². The maximum atomic E-state index is 11.2. The summed E-state index contributed by atoms with van der Waals surface area (Å²) in [6.45, 7) is 6.49. The van der Waals surface area contributed by atoms with Crippen LogP contribution in [0.5, 0.6) is 5.75 Å². The van der Waals surface area contributed by atoms with Gasteiger partial charge in [0.25, 0.3) is 0 Å². The van der Waals surface area contributed by atoms with Gasteiger partial charge in [0, 0.05) is 5.56 Å². The molecule has 1 aromatic rings. The number of rotatable bonds is 3. The van der Waals surface area contributed by atoms with Gasteiger partial charge in [-0.25, -0.2) is 4.79 Å². The highest BCUT2D eigenvalue weighted by Crippen LogP contribution is 2.24. The molecule has 1 aliphatic rings. The van der Waals surface area contributed by atoms with Crippen LogP contribution < -0.4 is 4.74 Å². The fraction of sp³-hybridized carbons (Fsp3) is 0.250. The first-order valence-corrected chi connectivity index (χ1v) is 4.74. The molecular formula is C12H12O3. The quantitative estimate of drug-likeness (QED) is 0.560. The van der Waals surface area contributed by atoms with E-state index in [2.05, 4.69) is 6.58 Å². The Hall–Kier alpha value is -1.77. The van der Waals surface area contributed by atoms with Crippen LogP contribution in [0, 0.1) is 0 Å². The number of hydrogen-bond acceptors (Lipinski definition) is 3. The fourth-order valence-corrected chi connectivity index (χ4v) is 1.41. The summed E-state index contributed by atoms with van der Waals surface area (Å²) in [6.07, 6.45) is 0. The smallest absolute Gasteiger partial charge is 0.338 e. The first kappa shape index (κ1) is 9.77. The van der Waals surface area contributed by atoms with E-state index in [1.165, 1.54) is 0 Å². The first-order valence-electron chi connectivity index (χ1n) is 4.74. The topological polar surface area (TPSA) is 35.5 Å². The van der Waals surface area contributed by atoms with Crippen LogP contribution in [0.4, 0.5) is 0 Å². The molecule has 0 bridgehead atoms. The van der Waals surface area contributed by atoms with E-state index in [1.54, 1.807) is 12.1 Å². The van der Waals surface area contributed by atoms with Crippen LogP contribution in [-0.4, -0.2) is 12.6 Å². The highest BCUT2D eigenvalue weighted by molar-refractivity contribution is 5.93. The van der Waals surface area contributed by atoms with Gasteiger partial charge in [-0.05, 0) is 30.7 Å². The summed E-state index contributed by atoms with van der Waals surface area (Å²) < 4.78 is 10.4. The molecule has 0 saturated carbocycles. The van der Waals surface area contributed by atoms with Crippen molar-refractivity contribution in [1.82, 2.24) is 0 Å². The lowest BCUT2D eigenvalue weighted by Crippen LogP contribution is -1.98. The maximum absolute atomic E-state index is 11.2. The van der Waals surface area contributed by atoms with Crippen molar-refractivity contribution in [3.63, 3.8) is 0 Å². The van der Waals surface area contributed by atoms with E-state index in [4.69, 9.17) is 9.47 Å². The van der Waals surface area contributed by atoms with Crippen LogP contribution in [-0.2, 0) is 11.3 Å². The van der Waals surface area contributed by atoms with Crippen LogP contribution in [0.1, 0.15) is 22.8 Å². The van der Waals surface area contributed by atoms with Crippen molar-refractivity contribution in [2.24, 2.45) is 0 Å². The second-order valence-electron chi connectivity index (χ2n) is 3.64. The van der Waals surface area contributed by atoms with Gasteiger partial charge in [-0.3, -0.25) is 0 Å². The molecule has 78 valence electrons. The molecule has 0 radical (unpaired) electrons. The number of hydrogen-bond donors (Lipinski definition) is 0. The molecule has 0 unspecified atom stereocenters. The van der Waals surface area contributed by atoms with Crippen LogP contribution in [0.2, 0.25) is 0 Å². The number of esters is 1. The summed E-state index contributed by atoms with van der Waals surface area (Å²) in [5, 5.41) is 0. The zero-order valence-electron chi connectivity index (χ0n) is 8.58. The molecule has 0 spiro atoms. The third-order valence-electron chi connectivity index (χ3n) is 2.14. The average Bonchev–Trinajstić information content (AvgIpc) is 2.57. The molecule has 1 aromatic carbocycles. The highest BCUT2D eigenvalue weighted by Gasteiger charge is 2.20. The molecule has 1 aliphatic heterocycles. The predicted octanol–water partition coefficient (Wildman–Crippen LogP) is 2.31. The highest BCUT2D eigenvalue weighted by atomic mass is 16.5. The van der Waals surface area contributed by atoms with Gasteiger partial charge >= 0.3 is 5.97 Å². The molecule has 0 aromatic heterocycles. The fourth-order valence-electron chi connectivity index (χ4n) is 1.41. The minimum Gasteiger partial charge on any atom is -0.489 e. The van der Waals surface area contributed by atoms with E-state index in [9.17, 15) is 4.79 Å². The Morgan fingerprint density at radius 2 is 2.40 bits per heavy atom. The van der Waals surface area contributed by atoms with Crippen molar-refractivity contribution in [2.75, 3.05) is 6.61 Å². The SMILES string of the molecule is C=C(C)COc1ccc2c(c1)COC2=O. The molecule has 0 saturated heterocycles. The molecule has 1 heterocycles. The standard InChI is InChI=1S/C12H12O3/c1-8(2)6-14-10-3-4-11-9(5-10)7-15-12(11)13/h3-5H,1,6-7H2,2H3. The molecule has 0 aliphatic carbocycles. The Morgan fingerprint density at radius 3 is 3.13 bits per heavy atom. The normalized spacial score (nSPS) is 13.3. The van der Waals surface area contributed by atoms with E-state index in [-0.39, 0.29) is 5.97 Å². The zero-order valence-corrected chi connectivity index (χ0v) is 8.58. The second-order valence-corrected chi connectivity index (χ2v) is 3.64. The minimum absolute atomic E-state index is 0.253. The lowest BCUT2D eigenvalue weighted by atomic mass is 10.1. The Labute approximate surface area is 88.3 Å². The minimum atomic E-state index is -0.253. The first-order chi connectivity index (χ1) is 7.16. The van der Waals surface area contributed by atoms with Gasteiger partial charge in [-0.2, -0.15) is 0 Å². The lowest BCUT2D eigenvalue weighted by Gasteiger charge is -2.06. The molecule has 0 fully saturated rings. The van der Waals surface area contributed by atoms with Crippen LogP contribution in [0.25, 0.3) is 0 Å². The Bertz CT molecular complexity index is 421. The third-order valence-corrected chi connectivity index (χ3v) is 2.14. The van der Waals surface area contributed by atoms with Gasteiger partial charge in [-0.1, -0.05) is 6.58 Å². The number of benzene rings is 1. The third kappa shape index (κ3) is 2.01. The lowest BCUT2D eigenvalue weighted by molar-refractivity contribution is 0.0535. The summed E-state index contributed by atoms with van der Waals surface area (Å²) in [5.41, 5.74) is 2.49. The second kappa shape index (κ2) is 3.77. The zero-order chi connectivity index (χ0) is 10.8. The Morgan fingerprint density at radius 1 is 1.60 bits per heavy atom. The number of fused-ring (bicyclic) bond motifs is 1. The van der Waals surface area contributed by atoms with E-state index in [0.717, 1.165) is 16.9 Å². The summed E-state index contributed by atoms with van der Waals surface area (Å²) in [7, 11) is 0. The largest absolute Gasteiger partial charge is 0.489 e. The van der Waals surface area contributed by atoms with E-state index in [1.807, 2.05) is 13.0 Å². The summed E-state index contributed by atoms with van der Waals surface area (Å²) >= 11 is 0. The van der Waals surface area contributed by atoms with Crippen molar-refractivity contribution in [3.8, 4) is 5.75 Å². The molecule has 15 heavy (non-hydrogen) atoms. The molecule has 0 atom stereocenters. The molecule has 3 nitrogen and oxygen atoms in total. The monoisotopic (exact) mass is 204 g/mol. The van der Waals surface area contributed by atoms with Gasteiger partial charge in [0.15, 0.2) is 0 Å². The van der Waals surface area contributed by atoms with Gasteiger partial charge in [0.05, 0.1) is 5.56 Å². The van der Waals surface area contributed by atoms with Gasteiger partial charge in [0.1, 0.15) is 19.0 Å². The Kier molecular flexibility index (Phi) is 2.46. The van der Waals surface area contributed by atoms with Crippen LogP contribution in [0.3, 0.4) is 0 Å². The van der Waals surface area contributed by atoms with E-state index >= 15 is 0 Å². The van der Waals surface area contributed by atoms with Crippen molar-refractivity contribution in [2.45, 2.75) is 13.5 Å². The van der Waals surface area contributed by atoms with Crippen molar-refractivity contribution < 1.29 is 14.3 Å². The van der Waals surface area contributed by atoms with Crippen molar-refractivity contribution >= 4 is 5.97 Å². The maximum Gasteiger partial charge on any atom is 0.338 e. The van der Waals surface area contributed by atoms with Gasteiger partial charge in [0.2, 0.25) is 0 Å². The number of ether oxygens (including phenoxy) is 2. The molecule has 0 N–H and O–H groups in total. The molecule has 3 heteroatoms. The molecule has 2 rings (SSSR count). The molecular weight excluding hydrogens is 192 g/mol. The number of carbonyl (C=O) groups is 1. The van der Waals surface area contributed by atoms with Gasteiger partial charge in [-0.15, -0.1) is 0 Å². The Balaban J connectivity index is 2.16. The van der Waals surface area contributed by atoms with Crippen molar-refractivity contribution in [1.29, 1.82) is 0 Å².